The number of amides is 1. The van der Waals surface area contributed by atoms with Gasteiger partial charge in [-0.25, -0.2) is 0 Å². The van der Waals surface area contributed by atoms with Gasteiger partial charge in [-0.15, -0.1) is 0 Å². The topological polar surface area (TPSA) is 69.6 Å². The van der Waals surface area contributed by atoms with Crippen molar-refractivity contribution in [1.82, 2.24) is 5.32 Å². The van der Waals surface area contributed by atoms with Crippen molar-refractivity contribution in [2.75, 3.05) is 6.61 Å². The Bertz CT molecular complexity index is 676. The molecule has 0 radical (unpaired) electrons. The Morgan fingerprint density at radius 3 is 1.17 bits per heavy atom. The molecule has 2 atom stereocenters. The lowest BCUT2D eigenvalue weighted by Gasteiger charge is -2.20. The van der Waals surface area contributed by atoms with E-state index in [0.29, 0.717) is 6.42 Å². The molecule has 4 heteroatoms. The molecule has 3 N–H and O–H groups in total. The summed E-state index contributed by atoms with van der Waals surface area (Å²) in [6, 6.07) is -0.623. The highest BCUT2D eigenvalue weighted by Gasteiger charge is 2.17. The lowest BCUT2D eigenvalue weighted by molar-refractivity contribution is -0.123. The Kier molecular flexibility index (Phi) is 38.4. The predicted octanol–water partition coefficient (Wildman–Crippen LogP) is 12.8. The molecule has 0 aliphatic rings. The number of unbranched alkanes of at least 4 members (excludes halogenated alkanes) is 29. The van der Waals surface area contributed by atoms with Gasteiger partial charge < -0.3 is 15.5 Å². The van der Waals surface area contributed by atoms with Crippen LogP contribution < -0.4 is 5.32 Å². The summed E-state index contributed by atoms with van der Waals surface area (Å²) < 4.78 is 0. The minimum atomic E-state index is -0.839. The van der Waals surface area contributed by atoms with Gasteiger partial charge in [-0.3, -0.25) is 4.79 Å². The molecule has 4 nitrogen and oxygen atoms in total. The van der Waals surface area contributed by atoms with Crippen LogP contribution >= 0.6 is 0 Å². The van der Waals surface area contributed by atoms with E-state index in [1.807, 2.05) is 6.08 Å². The summed E-state index contributed by atoms with van der Waals surface area (Å²) in [5, 5.41) is 23.0. The molecule has 2 unspecified atom stereocenters. The molecule has 0 spiro atoms. The zero-order chi connectivity index (χ0) is 34.3. The van der Waals surface area contributed by atoms with Crippen molar-refractivity contribution in [3.63, 3.8) is 0 Å². The molecule has 1 amide bonds. The highest BCUT2D eigenvalue weighted by atomic mass is 16.3. The predicted molar refractivity (Wildman–Crippen MR) is 207 cm³/mol. The molecule has 0 aliphatic heterocycles. The van der Waals surface area contributed by atoms with E-state index in [-0.39, 0.29) is 12.5 Å². The Hall–Kier alpha value is -1.13. The van der Waals surface area contributed by atoms with E-state index in [1.165, 1.54) is 173 Å². The summed E-state index contributed by atoms with van der Waals surface area (Å²) in [4.78, 5) is 12.3. The number of hydrogen-bond donors (Lipinski definition) is 3. The summed E-state index contributed by atoms with van der Waals surface area (Å²) in [6.07, 6.45) is 49.9. The minimum absolute atomic E-state index is 0.0716. The van der Waals surface area contributed by atoms with E-state index in [9.17, 15) is 15.0 Å². The first-order chi connectivity index (χ1) is 23.2. The minimum Gasteiger partial charge on any atom is -0.394 e. The molecule has 0 aromatic heterocycles. The molecule has 0 rings (SSSR count). The van der Waals surface area contributed by atoms with E-state index in [1.54, 1.807) is 6.08 Å². The smallest absolute Gasteiger partial charge is 0.220 e. The van der Waals surface area contributed by atoms with Crippen molar-refractivity contribution in [1.29, 1.82) is 0 Å². The zero-order valence-corrected chi connectivity index (χ0v) is 31.8. The van der Waals surface area contributed by atoms with Gasteiger partial charge in [0.2, 0.25) is 5.91 Å². The van der Waals surface area contributed by atoms with Gasteiger partial charge in [0.1, 0.15) is 0 Å². The van der Waals surface area contributed by atoms with Crippen molar-refractivity contribution in [3.8, 4) is 0 Å². The van der Waals surface area contributed by atoms with Crippen LogP contribution in [-0.4, -0.2) is 34.9 Å². The number of hydrogen-bond acceptors (Lipinski definition) is 3. The highest BCUT2D eigenvalue weighted by molar-refractivity contribution is 5.76. The summed E-state index contributed by atoms with van der Waals surface area (Å²) in [6.45, 7) is 4.31. The Balaban J connectivity index is 3.57. The largest absolute Gasteiger partial charge is 0.394 e. The van der Waals surface area contributed by atoms with E-state index >= 15 is 0 Å². The van der Waals surface area contributed by atoms with Gasteiger partial charge in [-0.2, -0.15) is 0 Å². The van der Waals surface area contributed by atoms with Gasteiger partial charge in [-0.1, -0.05) is 199 Å². The fourth-order valence-electron chi connectivity index (χ4n) is 6.41. The second kappa shape index (κ2) is 39.3. The second-order valence-corrected chi connectivity index (χ2v) is 14.4. The van der Waals surface area contributed by atoms with Gasteiger partial charge in [0.25, 0.3) is 0 Å². The molecule has 0 aliphatic carbocycles. The fourth-order valence-corrected chi connectivity index (χ4v) is 6.41. The van der Waals surface area contributed by atoms with Crippen LogP contribution in [0, 0.1) is 0 Å². The van der Waals surface area contributed by atoms with E-state index in [4.69, 9.17) is 0 Å². The van der Waals surface area contributed by atoms with Crippen molar-refractivity contribution in [3.05, 3.63) is 24.3 Å². The first-order valence-corrected chi connectivity index (χ1v) is 21.1. The number of carbonyl (C=O) groups excluding carboxylic acids is 1. The molecular weight excluding hydrogens is 578 g/mol. The third kappa shape index (κ3) is 36.0. The number of aliphatic hydroxyl groups excluding tert-OH is 2. The lowest BCUT2D eigenvalue weighted by Crippen LogP contribution is -2.45. The van der Waals surface area contributed by atoms with Crippen LogP contribution in [0.1, 0.15) is 226 Å². The first-order valence-electron chi connectivity index (χ1n) is 21.1. The van der Waals surface area contributed by atoms with Gasteiger partial charge in [0.15, 0.2) is 0 Å². The van der Waals surface area contributed by atoms with Crippen molar-refractivity contribution >= 4 is 5.91 Å². The average molecular weight is 662 g/mol. The number of aliphatic hydroxyl groups is 2. The van der Waals surface area contributed by atoms with Gasteiger partial charge in [0, 0.05) is 6.42 Å². The zero-order valence-electron chi connectivity index (χ0n) is 31.8. The average Bonchev–Trinajstić information content (AvgIpc) is 3.07. The molecule has 47 heavy (non-hydrogen) atoms. The van der Waals surface area contributed by atoms with Gasteiger partial charge >= 0.3 is 0 Å². The number of allylic oxidation sites excluding steroid dienone is 3. The monoisotopic (exact) mass is 662 g/mol. The maximum Gasteiger partial charge on any atom is 0.220 e. The maximum absolute atomic E-state index is 12.3. The van der Waals surface area contributed by atoms with Crippen LogP contribution in [0.25, 0.3) is 0 Å². The number of carbonyl (C=O) groups is 1. The summed E-state index contributed by atoms with van der Waals surface area (Å²) in [7, 11) is 0. The second-order valence-electron chi connectivity index (χ2n) is 14.4. The summed E-state index contributed by atoms with van der Waals surface area (Å²) >= 11 is 0. The van der Waals surface area contributed by atoms with Crippen LogP contribution in [0.5, 0.6) is 0 Å². The molecule has 0 saturated carbocycles. The van der Waals surface area contributed by atoms with Crippen molar-refractivity contribution in [2.24, 2.45) is 0 Å². The lowest BCUT2D eigenvalue weighted by atomic mass is 10.0. The normalized spacial score (nSPS) is 13.2. The third-order valence-corrected chi connectivity index (χ3v) is 9.68. The van der Waals surface area contributed by atoms with E-state index < -0.39 is 12.1 Å². The van der Waals surface area contributed by atoms with Crippen molar-refractivity contribution in [2.45, 2.75) is 238 Å². The van der Waals surface area contributed by atoms with Crippen LogP contribution in [-0.2, 0) is 4.79 Å². The van der Waals surface area contributed by atoms with Crippen LogP contribution in [0.4, 0.5) is 0 Å². The summed E-state index contributed by atoms with van der Waals surface area (Å²) in [5.41, 5.74) is 0. The van der Waals surface area contributed by atoms with Crippen LogP contribution in [0.2, 0.25) is 0 Å². The fraction of sp³-hybridized carbons (Fsp3) is 0.884. The first kappa shape index (κ1) is 45.9. The Labute approximate surface area is 294 Å². The Morgan fingerprint density at radius 1 is 0.489 bits per heavy atom. The molecular formula is C43H83NO3. The maximum atomic E-state index is 12.3. The highest BCUT2D eigenvalue weighted by Crippen LogP contribution is 2.15. The van der Waals surface area contributed by atoms with Gasteiger partial charge in [0.05, 0.1) is 18.8 Å². The molecule has 0 heterocycles. The molecule has 0 saturated heterocycles. The van der Waals surface area contributed by atoms with Gasteiger partial charge in [-0.05, 0) is 44.9 Å². The van der Waals surface area contributed by atoms with Crippen LogP contribution in [0.3, 0.4) is 0 Å². The SMILES string of the molecule is CCCCCCCC/C=C\CCCCCCCC(=O)NC(CO)C(O)/C=C/CCCCCCCCCCCCCCCCCCCC. The number of rotatable bonds is 38. The molecule has 0 aromatic carbocycles. The number of nitrogens with one attached hydrogen (secondary N) is 1. The van der Waals surface area contributed by atoms with E-state index in [2.05, 4.69) is 31.3 Å². The quantitative estimate of drug-likeness (QED) is 0.0455. The van der Waals surface area contributed by atoms with Crippen molar-refractivity contribution < 1.29 is 15.0 Å². The standard InChI is InChI=1S/C43H83NO3/c1-3-5-7-9-11-13-15-17-19-20-21-22-23-25-26-28-30-32-34-36-38-42(46)41(40-45)44-43(47)39-37-35-33-31-29-27-24-18-16-14-12-10-8-6-4-2/h18,24,36,38,41-42,45-46H,3-17,19-23,25-35,37,39-40H2,1-2H3,(H,44,47)/b24-18-,38-36+. The van der Waals surface area contributed by atoms with Crippen LogP contribution in [0.15, 0.2) is 24.3 Å². The molecule has 278 valence electrons. The molecule has 0 fully saturated rings. The third-order valence-electron chi connectivity index (χ3n) is 9.68. The molecule has 0 bridgehead atoms. The van der Waals surface area contributed by atoms with E-state index in [0.717, 1.165) is 32.1 Å². The summed E-state index contributed by atoms with van der Waals surface area (Å²) in [5.74, 6) is -0.0716. The molecule has 0 aromatic rings. The Morgan fingerprint density at radius 2 is 0.809 bits per heavy atom.